The number of methoxy groups -OCH3 is 1. The highest BCUT2D eigenvalue weighted by atomic mass is 19.1. The highest BCUT2D eigenvalue weighted by molar-refractivity contribution is 6.02. The Labute approximate surface area is 292 Å². The molecule has 1 N–H and O–H groups in total. The van der Waals surface area contributed by atoms with Gasteiger partial charge in [0.1, 0.15) is 17.4 Å². The number of allylic oxidation sites excluding steroid dienone is 1. The molecule has 9 heteroatoms. The van der Waals surface area contributed by atoms with Crippen LogP contribution in [0.2, 0.25) is 0 Å². The lowest BCUT2D eigenvalue weighted by molar-refractivity contribution is -0.131. The number of Topliss-reactive ketones (excluding diaryl/α,β-unsaturated/α-hetero) is 1. The van der Waals surface area contributed by atoms with Crippen molar-refractivity contribution in [3.63, 3.8) is 0 Å². The van der Waals surface area contributed by atoms with E-state index in [1.807, 2.05) is 53.4 Å². The van der Waals surface area contributed by atoms with E-state index in [2.05, 4.69) is 29.0 Å². The van der Waals surface area contributed by atoms with Crippen molar-refractivity contribution in [2.45, 2.75) is 38.8 Å². The van der Waals surface area contributed by atoms with Crippen LogP contribution < -0.4 is 15.0 Å². The predicted molar refractivity (Wildman–Crippen MR) is 191 cm³/mol. The van der Waals surface area contributed by atoms with E-state index in [1.165, 1.54) is 24.3 Å². The van der Waals surface area contributed by atoms with Crippen molar-refractivity contribution in [3.8, 4) is 5.75 Å². The molecule has 2 aliphatic heterocycles. The van der Waals surface area contributed by atoms with Crippen molar-refractivity contribution in [2.75, 3.05) is 50.1 Å². The van der Waals surface area contributed by atoms with E-state index in [0.29, 0.717) is 50.3 Å². The molecule has 1 fully saturated rings. The molecule has 0 aromatic heterocycles. The number of anilines is 2. The highest BCUT2D eigenvalue weighted by Crippen LogP contribution is 2.48. The summed E-state index contributed by atoms with van der Waals surface area (Å²) in [7, 11) is 1.62. The Kier molecular flexibility index (Phi) is 9.18. The lowest BCUT2D eigenvalue weighted by atomic mass is 9.73. The zero-order valence-corrected chi connectivity index (χ0v) is 28.7. The zero-order valence-electron chi connectivity index (χ0n) is 28.7. The number of rotatable bonds is 7. The molecule has 0 saturated carbocycles. The van der Waals surface area contributed by atoms with Crippen LogP contribution in [-0.4, -0.2) is 61.3 Å². The van der Waals surface area contributed by atoms with Gasteiger partial charge in [0, 0.05) is 43.9 Å². The van der Waals surface area contributed by atoms with Crippen molar-refractivity contribution in [3.05, 3.63) is 137 Å². The average Bonchev–Trinajstić information content (AvgIpc) is 3.24. The first-order chi connectivity index (χ1) is 24.1. The molecule has 3 aliphatic rings. The Morgan fingerprint density at radius 1 is 0.860 bits per heavy atom. The Morgan fingerprint density at radius 2 is 1.50 bits per heavy atom. The van der Waals surface area contributed by atoms with Crippen molar-refractivity contribution in [1.29, 1.82) is 0 Å². The minimum absolute atomic E-state index is 0.0416. The molecule has 4 aromatic rings. The van der Waals surface area contributed by atoms with Crippen molar-refractivity contribution >= 4 is 23.1 Å². The minimum atomic E-state index is -0.508. The van der Waals surface area contributed by atoms with Gasteiger partial charge in [0.05, 0.1) is 37.1 Å². The van der Waals surface area contributed by atoms with E-state index in [4.69, 9.17) is 4.74 Å². The number of hydrogen-bond donors (Lipinski definition) is 1. The number of fused-ring (bicyclic) bond motifs is 1. The zero-order chi connectivity index (χ0) is 35.0. The van der Waals surface area contributed by atoms with Crippen LogP contribution in [0.1, 0.15) is 55.5 Å². The summed E-state index contributed by atoms with van der Waals surface area (Å²) in [5.41, 5.74) is 5.75. The molecule has 7 rings (SSSR count). The second-order valence-electron chi connectivity index (χ2n) is 14.2. The van der Waals surface area contributed by atoms with Gasteiger partial charge in [-0.05, 0) is 77.1 Å². The number of halogens is 2. The number of ketones is 1. The maximum atomic E-state index is 14.4. The number of nitrogens with zero attached hydrogens (tertiary/aromatic N) is 3. The fourth-order valence-corrected chi connectivity index (χ4v) is 7.76. The molecule has 50 heavy (non-hydrogen) atoms. The number of nitrogens with one attached hydrogen (secondary N) is 1. The van der Waals surface area contributed by atoms with Gasteiger partial charge >= 0.3 is 0 Å². The smallest absolute Gasteiger partial charge is 0.242 e. The quantitative estimate of drug-likeness (QED) is 0.219. The minimum Gasteiger partial charge on any atom is -0.497 e. The third-order valence-corrected chi connectivity index (χ3v) is 10.1. The molecule has 0 spiro atoms. The number of amides is 1. The van der Waals surface area contributed by atoms with Gasteiger partial charge in [-0.25, -0.2) is 8.78 Å². The summed E-state index contributed by atoms with van der Waals surface area (Å²) in [5, 5.41) is 3.62. The van der Waals surface area contributed by atoms with Crippen LogP contribution in [0.5, 0.6) is 5.75 Å². The third kappa shape index (κ3) is 6.74. The summed E-state index contributed by atoms with van der Waals surface area (Å²) >= 11 is 0. The van der Waals surface area contributed by atoms with E-state index >= 15 is 0 Å². The number of carbonyl (C=O) groups excluding carboxylic acids is 2. The number of para-hydroxylation sites is 2. The summed E-state index contributed by atoms with van der Waals surface area (Å²) in [6, 6.07) is 27.8. The highest BCUT2D eigenvalue weighted by Gasteiger charge is 2.42. The van der Waals surface area contributed by atoms with Gasteiger partial charge in [0.2, 0.25) is 5.91 Å². The number of ether oxygens (including phenoxy) is 1. The van der Waals surface area contributed by atoms with Crippen LogP contribution in [0.15, 0.2) is 108 Å². The maximum Gasteiger partial charge on any atom is 0.242 e. The molecule has 1 aliphatic carbocycles. The molecule has 1 unspecified atom stereocenters. The van der Waals surface area contributed by atoms with E-state index in [1.54, 1.807) is 31.4 Å². The van der Waals surface area contributed by atoms with E-state index < -0.39 is 6.04 Å². The lowest BCUT2D eigenvalue weighted by Crippen LogP contribution is -2.52. The predicted octanol–water partition coefficient (Wildman–Crippen LogP) is 7.52. The molecule has 1 atom stereocenters. The van der Waals surface area contributed by atoms with Crippen molar-refractivity contribution in [1.82, 2.24) is 9.80 Å². The number of benzene rings is 4. The molecule has 1 amide bonds. The SMILES string of the molecule is COc1cccc(C2C3=C(CC(C)(C)CC3=O)Nc3ccccc3N2CC(=O)N2CCN(C(c3ccc(F)cc3)c3ccc(F)cc3)CC2)c1. The normalized spacial score (nSPS) is 19.1. The second kappa shape index (κ2) is 13.7. The fraction of sp³-hybridized carbons (Fsp3) is 0.317. The summed E-state index contributed by atoms with van der Waals surface area (Å²) < 4.78 is 33.4. The van der Waals surface area contributed by atoms with Crippen LogP contribution in [0.4, 0.5) is 20.2 Å². The lowest BCUT2D eigenvalue weighted by Gasteiger charge is -2.41. The number of piperazine rings is 1. The monoisotopic (exact) mass is 676 g/mol. The van der Waals surface area contributed by atoms with Crippen LogP contribution >= 0.6 is 0 Å². The molecule has 258 valence electrons. The van der Waals surface area contributed by atoms with Crippen molar-refractivity contribution < 1.29 is 23.1 Å². The van der Waals surface area contributed by atoms with Gasteiger partial charge in [-0.15, -0.1) is 0 Å². The molecule has 4 aromatic carbocycles. The average molecular weight is 677 g/mol. The van der Waals surface area contributed by atoms with Gasteiger partial charge in [0.15, 0.2) is 5.78 Å². The first kappa shape index (κ1) is 33.5. The Bertz CT molecular complexity index is 1870. The third-order valence-electron chi connectivity index (χ3n) is 10.1. The molecular weight excluding hydrogens is 634 g/mol. The van der Waals surface area contributed by atoms with Crippen LogP contribution in [0, 0.1) is 17.0 Å². The molecule has 1 saturated heterocycles. The number of carbonyl (C=O) groups is 2. The molecule has 0 bridgehead atoms. The van der Waals surface area contributed by atoms with Gasteiger partial charge in [-0.1, -0.05) is 62.4 Å². The summed E-state index contributed by atoms with van der Waals surface area (Å²) in [6.45, 7) is 6.41. The van der Waals surface area contributed by atoms with E-state index in [9.17, 15) is 18.4 Å². The fourth-order valence-electron chi connectivity index (χ4n) is 7.76. The van der Waals surface area contributed by atoms with Gasteiger partial charge < -0.3 is 19.9 Å². The van der Waals surface area contributed by atoms with Gasteiger partial charge in [0.25, 0.3) is 0 Å². The maximum absolute atomic E-state index is 14.4. The summed E-state index contributed by atoms with van der Waals surface area (Å²) in [6.07, 6.45) is 1.12. The standard InChI is InChI=1S/C41H42F2N4O3/c1-41(2)24-34-38(36(48)25-41)40(29-7-6-8-32(23-29)50-3)47(35-10-5-4-9-33(35)44-34)26-37(49)45-19-21-46(22-20-45)39(27-11-15-30(42)16-12-27)28-13-17-31(43)18-14-28/h4-18,23,39-40,44H,19-22,24-26H2,1-3H3. The van der Waals surface area contributed by atoms with Crippen LogP contribution in [0.3, 0.4) is 0 Å². The molecule has 2 heterocycles. The molecule has 7 nitrogen and oxygen atoms in total. The van der Waals surface area contributed by atoms with E-state index in [0.717, 1.165) is 33.8 Å². The Balaban J connectivity index is 1.19. The second-order valence-corrected chi connectivity index (χ2v) is 14.2. The molecular formula is C41H42F2N4O3. The van der Waals surface area contributed by atoms with Crippen LogP contribution in [-0.2, 0) is 9.59 Å². The number of hydrogen-bond acceptors (Lipinski definition) is 6. The molecule has 0 radical (unpaired) electrons. The first-order valence-electron chi connectivity index (χ1n) is 17.2. The topological polar surface area (TPSA) is 65.1 Å². The summed E-state index contributed by atoms with van der Waals surface area (Å²) in [4.78, 5) is 34.7. The van der Waals surface area contributed by atoms with Crippen molar-refractivity contribution in [2.24, 2.45) is 5.41 Å². The van der Waals surface area contributed by atoms with Gasteiger partial charge in [-0.3, -0.25) is 14.5 Å². The van der Waals surface area contributed by atoms with Crippen LogP contribution in [0.25, 0.3) is 0 Å². The Morgan fingerprint density at radius 3 is 2.14 bits per heavy atom. The van der Waals surface area contributed by atoms with E-state index in [-0.39, 0.29) is 41.3 Å². The largest absolute Gasteiger partial charge is 0.497 e. The summed E-state index contributed by atoms with van der Waals surface area (Å²) in [5.74, 6) is 0.0725. The first-order valence-corrected chi connectivity index (χ1v) is 17.2. The van der Waals surface area contributed by atoms with Gasteiger partial charge in [-0.2, -0.15) is 0 Å². The Hall–Kier alpha value is -5.02.